The average Bonchev–Trinajstić information content (AvgIpc) is 2.40. The Labute approximate surface area is 110 Å². The van der Waals surface area contributed by atoms with Crippen molar-refractivity contribution in [2.75, 3.05) is 47.6 Å². The third kappa shape index (κ3) is 6.33. The molecular formula is C13H27NO4. The monoisotopic (exact) mass is 261 g/mol. The normalized spacial score (nSPS) is 14.6. The molecule has 0 amide bonds. The molecule has 18 heavy (non-hydrogen) atoms. The quantitative estimate of drug-likeness (QED) is 0.436. The second-order valence-electron chi connectivity index (χ2n) is 4.43. The lowest BCUT2D eigenvalue weighted by Gasteiger charge is -2.31. The van der Waals surface area contributed by atoms with Gasteiger partial charge in [0, 0.05) is 40.0 Å². The molecule has 0 bridgehead atoms. The lowest BCUT2D eigenvalue weighted by Crippen LogP contribution is -2.43. The van der Waals surface area contributed by atoms with Crippen molar-refractivity contribution >= 4 is 5.97 Å². The molecule has 0 heterocycles. The van der Waals surface area contributed by atoms with Crippen LogP contribution in [0.4, 0.5) is 0 Å². The number of hydrogen-bond donors (Lipinski definition) is 0. The summed E-state index contributed by atoms with van der Waals surface area (Å²) in [5.74, 6) is -0.314. The Kier molecular flexibility index (Phi) is 9.92. The lowest BCUT2D eigenvalue weighted by atomic mass is 10.0. The minimum atomic E-state index is -0.170. The van der Waals surface area contributed by atoms with E-state index >= 15 is 0 Å². The average molecular weight is 261 g/mol. The van der Waals surface area contributed by atoms with Crippen LogP contribution in [-0.4, -0.2) is 64.5 Å². The van der Waals surface area contributed by atoms with Gasteiger partial charge in [-0.2, -0.15) is 0 Å². The minimum Gasteiger partial charge on any atom is -0.469 e. The van der Waals surface area contributed by atoms with E-state index in [1.807, 2.05) is 13.8 Å². The lowest BCUT2D eigenvalue weighted by molar-refractivity contribution is -0.147. The molecule has 0 aromatic heterocycles. The van der Waals surface area contributed by atoms with Gasteiger partial charge in [0.15, 0.2) is 0 Å². The third-order valence-electron chi connectivity index (χ3n) is 3.25. The van der Waals surface area contributed by atoms with Crippen molar-refractivity contribution < 1.29 is 19.0 Å². The van der Waals surface area contributed by atoms with Crippen LogP contribution < -0.4 is 0 Å². The van der Waals surface area contributed by atoms with Gasteiger partial charge in [0.2, 0.25) is 0 Å². The van der Waals surface area contributed by atoms with E-state index < -0.39 is 0 Å². The molecule has 2 unspecified atom stereocenters. The molecule has 0 saturated carbocycles. The number of nitrogens with zero attached hydrogens (tertiary/aromatic N) is 1. The highest BCUT2D eigenvalue weighted by atomic mass is 16.5. The zero-order valence-electron chi connectivity index (χ0n) is 12.3. The van der Waals surface area contributed by atoms with E-state index in [0.717, 1.165) is 26.1 Å². The Balaban J connectivity index is 4.36. The molecule has 0 fully saturated rings. The van der Waals surface area contributed by atoms with Gasteiger partial charge in [-0.15, -0.1) is 0 Å². The van der Waals surface area contributed by atoms with Gasteiger partial charge in [0.1, 0.15) is 0 Å². The Bertz CT molecular complexity index is 223. The molecule has 5 nitrogen and oxygen atoms in total. The summed E-state index contributed by atoms with van der Waals surface area (Å²) < 4.78 is 15.0. The molecule has 0 spiro atoms. The van der Waals surface area contributed by atoms with Crippen LogP contribution in [0.5, 0.6) is 0 Å². The summed E-state index contributed by atoms with van der Waals surface area (Å²) in [6.45, 7) is 7.02. The fraction of sp³-hybridized carbons (Fsp3) is 0.923. The predicted octanol–water partition coefficient (Wildman–Crippen LogP) is 1.17. The van der Waals surface area contributed by atoms with Gasteiger partial charge in [0.05, 0.1) is 19.6 Å². The van der Waals surface area contributed by atoms with Crippen LogP contribution in [0.2, 0.25) is 0 Å². The number of methoxy groups -OCH3 is 3. The highest BCUT2D eigenvalue weighted by Crippen LogP contribution is 2.13. The molecule has 0 radical (unpaired) electrons. The SMILES string of the molecule is COCCCN(CCOC)C(C)C(C)C(=O)OC. The summed E-state index contributed by atoms with van der Waals surface area (Å²) in [6.07, 6.45) is 0.943. The van der Waals surface area contributed by atoms with Gasteiger partial charge in [-0.1, -0.05) is 6.92 Å². The Morgan fingerprint density at radius 2 is 1.67 bits per heavy atom. The maximum absolute atomic E-state index is 11.6. The molecule has 0 rings (SSSR count). The van der Waals surface area contributed by atoms with E-state index in [-0.39, 0.29) is 17.9 Å². The summed E-state index contributed by atoms with van der Waals surface area (Å²) in [5.41, 5.74) is 0. The Hall–Kier alpha value is -0.650. The van der Waals surface area contributed by atoms with Gasteiger partial charge >= 0.3 is 5.97 Å². The van der Waals surface area contributed by atoms with Crippen LogP contribution in [0, 0.1) is 5.92 Å². The van der Waals surface area contributed by atoms with Gasteiger partial charge in [-0.3, -0.25) is 9.69 Å². The first kappa shape index (κ1) is 17.4. The summed E-state index contributed by atoms with van der Waals surface area (Å²) in [7, 11) is 4.80. The topological polar surface area (TPSA) is 48.0 Å². The van der Waals surface area contributed by atoms with Crippen molar-refractivity contribution in [3.63, 3.8) is 0 Å². The molecule has 0 aliphatic carbocycles. The molecule has 5 heteroatoms. The Morgan fingerprint density at radius 3 is 2.17 bits per heavy atom. The largest absolute Gasteiger partial charge is 0.469 e. The summed E-state index contributed by atoms with van der Waals surface area (Å²) >= 11 is 0. The van der Waals surface area contributed by atoms with Crippen molar-refractivity contribution in [1.29, 1.82) is 0 Å². The first-order valence-corrected chi connectivity index (χ1v) is 6.38. The summed E-state index contributed by atoms with van der Waals surface area (Å²) in [6, 6.07) is 0.129. The van der Waals surface area contributed by atoms with Crippen molar-refractivity contribution in [2.24, 2.45) is 5.92 Å². The fourth-order valence-corrected chi connectivity index (χ4v) is 1.84. The molecule has 108 valence electrons. The van der Waals surface area contributed by atoms with Crippen LogP contribution >= 0.6 is 0 Å². The summed E-state index contributed by atoms with van der Waals surface area (Å²) in [5, 5.41) is 0. The first-order valence-electron chi connectivity index (χ1n) is 6.38. The molecule has 0 aliphatic heterocycles. The smallest absolute Gasteiger partial charge is 0.309 e. The van der Waals surface area contributed by atoms with Crippen LogP contribution in [0.15, 0.2) is 0 Å². The molecule has 0 saturated heterocycles. The maximum Gasteiger partial charge on any atom is 0.309 e. The highest BCUT2D eigenvalue weighted by Gasteiger charge is 2.25. The zero-order chi connectivity index (χ0) is 14.0. The molecule has 0 aromatic carbocycles. The second kappa shape index (κ2) is 10.3. The number of hydrogen-bond acceptors (Lipinski definition) is 5. The highest BCUT2D eigenvalue weighted by molar-refractivity contribution is 5.72. The molecule has 0 aliphatic rings. The van der Waals surface area contributed by atoms with Crippen LogP contribution in [-0.2, 0) is 19.0 Å². The van der Waals surface area contributed by atoms with Gasteiger partial charge in [-0.25, -0.2) is 0 Å². The van der Waals surface area contributed by atoms with E-state index in [4.69, 9.17) is 14.2 Å². The van der Waals surface area contributed by atoms with Crippen molar-refractivity contribution in [3.05, 3.63) is 0 Å². The predicted molar refractivity (Wildman–Crippen MR) is 70.6 cm³/mol. The standard InChI is InChI=1S/C13H27NO4/c1-11(13(15)18-5)12(2)14(8-10-17-4)7-6-9-16-3/h11-12H,6-10H2,1-5H3. The van der Waals surface area contributed by atoms with Gasteiger partial charge < -0.3 is 14.2 Å². The van der Waals surface area contributed by atoms with Crippen molar-refractivity contribution in [3.8, 4) is 0 Å². The maximum atomic E-state index is 11.6. The number of esters is 1. The van der Waals surface area contributed by atoms with Crippen LogP contribution in [0.3, 0.4) is 0 Å². The number of rotatable bonds is 10. The van der Waals surface area contributed by atoms with Crippen LogP contribution in [0.25, 0.3) is 0 Å². The van der Waals surface area contributed by atoms with E-state index in [0.29, 0.717) is 6.61 Å². The van der Waals surface area contributed by atoms with Gasteiger partial charge in [0.25, 0.3) is 0 Å². The van der Waals surface area contributed by atoms with Crippen LogP contribution in [0.1, 0.15) is 20.3 Å². The molecule has 2 atom stereocenters. The molecule has 0 N–H and O–H groups in total. The van der Waals surface area contributed by atoms with Crippen molar-refractivity contribution in [2.45, 2.75) is 26.3 Å². The fourth-order valence-electron chi connectivity index (χ4n) is 1.84. The number of carbonyl (C=O) groups excluding carboxylic acids is 1. The minimum absolute atomic E-state index is 0.129. The van der Waals surface area contributed by atoms with E-state index in [1.165, 1.54) is 7.11 Å². The molecule has 0 aromatic rings. The summed E-state index contributed by atoms with van der Waals surface area (Å²) in [4.78, 5) is 13.8. The number of carbonyl (C=O) groups is 1. The van der Waals surface area contributed by atoms with E-state index in [2.05, 4.69) is 4.90 Å². The third-order valence-corrected chi connectivity index (χ3v) is 3.25. The number of ether oxygens (including phenoxy) is 3. The Morgan fingerprint density at radius 1 is 1.06 bits per heavy atom. The van der Waals surface area contributed by atoms with E-state index in [9.17, 15) is 4.79 Å². The first-order chi connectivity index (χ1) is 8.58. The van der Waals surface area contributed by atoms with E-state index in [1.54, 1.807) is 14.2 Å². The second-order valence-corrected chi connectivity index (χ2v) is 4.43. The van der Waals surface area contributed by atoms with Crippen molar-refractivity contribution in [1.82, 2.24) is 4.90 Å². The van der Waals surface area contributed by atoms with Gasteiger partial charge in [-0.05, 0) is 13.3 Å². The zero-order valence-corrected chi connectivity index (χ0v) is 12.3. The molecular weight excluding hydrogens is 234 g/mol.